The van der Waals surface area contributed by atoms with E-state index in [1.54, 1.807) is 7.05 Å². The molecule has 1 unspecified atom stereocenters. The molecule has 1 fully saturated rings. The van der Waals surface area contributed by atoms with E-state index in [-0.39, 0.29) is 5.82 Å². The van der Waals surface area contributed by atoms with Crippen molar-refractivity contribution < 1.29 is 4.39 Å². The highest BCUT2D eigenvalue weighted by molar-refractivity contribution is 5.45. The minimum atomic E-state index is -0.358. The molecule has 6 heteroatoms. The Bertz CT molecular complexity index is 395. The van der Waals surface area contributed by atoms with E-state index in [4.69, 9.17) is 0 Å². The maximum absolute atomic E-state index is 13.7. The van der Waals surface area contributed by atoms with Gasteiger partial charge in [-0.25, -0.2) is 9.37 Å². The molecule has 94 valence electrons. The molecule has 2 rings (SSSR count). The van der Waals surface area contributed by atoms with Crippen molar-refractivity contribution in [3.63, 3.8) is 0 Å². The average Bonchev–Trinajstić information content (AvgIpc) is 2.79. The number of rotatable bonds is 3. The zero-order valence-electron chi connectivity index (χ0n) is 10.4. The maximum Gasteiger partial charge on any atom is 0.224 e. The summed E-state index contributed by atoms with van der Waals surface area (Å²) in [5.74, 6) is 0.492. The molecular weight excluding hydrogens is 221 g/mol. The zero-order valence-corrected chi connectivity index (χ0v) is 10.4. The van der Waals surface area contributed by atoms with E-state index in [0.717, 1.165) is 19.5 Å². The Morgan fingerprint density at radius 2 is 2.29 bits per heavy atom. The number of likely N-dealkylation sites (N-methyl/N-ethyl adjacent to an activating group) is 1. The van der Waals surface area contributed by atoms with E-state index in [9.17, 15) is 4.39 Å². The Labute approximate surface area is 101 Å². The highest BCUT2D eigenvalue weighted by atomic mass is 19.1. The van der Waals surface area contributed by atoms with Crippen LogP contribution in [0.4, 0.5) is 16.2 Å². The highest BCUT2D eigenvalue weighted by Crippen LogP contribution is 2.23. The lowest BCUT2D eigenvalue weighted by atomic mass is 10.2. The summed E-state index contributed by atoms with van der Waals surface area (Å²) < 4.78 is 13.7. The smallest absolute Gasteiger partial charge is 0.224 e. The second-order valence-electron chi connectivity index (χ2n) is 4.47. The number of nitrogens with zero attached hydrogens (tertiary/aromatic N) is 4. The van der Waals surface area contributed by atoms with Crippen LogP contribution in [0.3, 0.4) is 0 Å². The fraction of sp³-hybridized carbons (Fsp3) is 0.636. The molecule has 0 bridgehead atoms. The molecule has 1 aliphatic rings. The summed E-state index contributed by atoms with van der Waals surface area (Å²) in [6, 6.07) is 0.461. The van der Waals surface area contributed by atoms with Crippen LogP contribution in [-0.4, -0.2) is 55.1 Å². The molecule has 0 aliphatic carbocycles. The van der Waals surface area contributed by atoms with Crippen molar-refractivity contribution in [3.05, 3.63) is 12.0 Å². The lowest BCUT2D eigenvalue weighted by Crippen LogP contribution is -2.32. The molecule has 2 heterocycles. The lowest BCUT2D eigenvalue weighted by molar-refractivity contribution is 0.315. The van der Waals surface area contributed by atoms with Gasteiger partial charge < -0.3 is 15.1 Å². The number of halogens is 1. The molecule has 1 aromatic heterocycles. The molecule has 1 saturated heterocycles. The highest BCUT2D eigenvalue weighted by Gasteiger charge is 2.27. The topological polar surface area (TPSA) is 44.3 Å². The van der Waals surface area contributed by atoms with Gasteiger partial charge in [-0.1, -0.05) is 0 Å². The quantitative estimate of drug-likeness (QED) is 0.845. The van der Waals surface area contributed by atoms with Crippen LogP contribution >= 0.6 is 0 Å². The molecule has 1 atom stereocenters. The third kappa shape index (κ3) is 2.46. The Kier molecular flexibility index (Phi) is 3.42. The van der Waals surface area contributed by atoms with E-state index < -0.39 is 0 Å². The molecule has 17 heavy (non-hydrogen) atoms. The van der Waals surface area contributed by atoms with Gasteiger partial charge in [0.05, 0.1) is 6.20 Å². The van der Waals surface area contributed by atoms with E-state index in [2.05, 4.69) is 20.2 Å². The Balaban J connectivity index is 2.18. The molecule has 0 spiro atoms. The third-order valence-electron chi connectivity index (χ3n) is 3.14. The molecule has 1 N–H and O–H groups in total. The summed E-state index contributed by atoms with van der Waals surface area (Å²) in [7, 11) is 5.82. The first-order valence-corrected chi connectivity index (χ1v) is 5.73. The Morgan fingerprint density at radius 3 is 2.88 bits per heavy atom. The van der Waals surface area contributed by atoms with Crippen molar-refractivity contribution in [2.24, 2.45) is 0 Å². The van der Waals surface area contributed by atoms with Crippen LogP contribution in [0.2, 0.25) is 0 Å². The monoisotopic (exact) mass is 239 g/mol. The average molecular weight is 239 g/mol. The van der Waals surface area contributed by atoms with Crippen LogP contribution in [0.1, 0.15) is 6.42 Å². The van der Waals surface area contributed by atoms with Gasteiger partial charge in [0, 0.05) is 26.2 Å². The number of anilines is 2. The molecule has 5 nitrogen and oxygen atoms in total. The first-order valence-electron chi connectivity index (χ1n) is 5.73. The van der Waals surface area contributed by atoms with Crippen LogP contribution in [0.15, 0.2) is 6.20 Å². The normalized spacial score (nSPS) is 20.1. The lowest BCUT2D eigenvalue weighted by Gasteiger charge is -2.21. The van der Waals surface area contributed by atoms with Gasteiger partial charge in [-0.05, 0) is 20.5 Å². The summed E-state index contributed by atoms with van der Waals surface area (Å²) in [6.07, 6.45) is 2.25. The first kappa shape index (κ1) is 12.0. The first-order chi connectivity index (χ1) is 8.11. The predicted molar refractivity (Wildman–Crippen MR) is 65.8 cm³/mol. The molecule has 0 amide bonds. The van der Waals surface area contributed by atoms with Gasteiger partial charge in [0.2, 0.25) is 5.95 Å². The van der Waals surface area contributed by atoms with Crippen molar-refractivity contribution in [3.8, 4) is 0 Å². The third-order valence-corrected chi connectivity index (χ3v) is 3.14. The van der Waals surface area contributed by atoms with Gasteiger partial charge in [-0.3, -0.25) is 0 Å². The van der Waals surface area contributed by atoms with Crippen LogP contribution in [0, 0.1) is 5.82 Å². The number of hydrogen-bond acceptors (Lipinski definition) is 5. The van der Waals surface area contributed by atoms with Crippen molar-refractivity contribution in [2.75, 3.05) is 44.4 Å². The molecule has 1 aliphatic heterocycles. The van der Waals surface area contributed by atoms with Crippen LogP contribution in [0.5, 0.6) is 0 Å². The number of aromatic nitrogens is 2. The fourth-order valence-electron chi connectivity index (χ4n) is 2.06. The van der Waals surface area contributed by atoms with Gasteiger partial charge in [-0.15, -0.1) is 0 Å². The van der Waals surface area contributed by atoms with Crippen molar-refractivity contribution >= 4 is 11.8 Å². The zero-order chi connectivity index (χ0) is 12.4. The standard InChI is InChI=1S/C11H18FN5/c1-13-11-14-6-9(12)10(15-11)17-5-4-8(7-17)16(2)3/h6,8H,4-5,7H2,1-3H3,(H,13,14,15). The minimum Gasteiger partial charge on any atom is -0.357 e. The minimum absolute atomic E-state index is 0.358. The van der Waals surface area contributed by atoms with E-state index in [0.29, 0.717) is 17.8 Å². The predicted octanol–water partition coefficient (Wildman–Crippen LogP) is 0.798. The van der Waals surface area contributed by atoms with Gasteiger partial charge in [-0.2, -0.15) is 4.98 Å². The van der Waals surface area contributed by atoms with Gasteiger partial charge in [0.25, 0.3) is 0 Å². The summed E-state index contributed by atoms with van der Waals surface area (Å²) in [5.41, 5.74) is 0. The van der Waals surface area contributed by atoms with Crippen LogP contribution in [-0.2, 0) is 0 Å². The second-order valence-corrected chi connectivity index (χ2v) is 4.47. The van der Waals surface area contributed by atoms with Crippen molar-refractivity contribution in [1.82, 2.24) is 14.9 Å². The Morgan fingerprint density at radius 1 is 1.53 bits per heavy atom. The summed E-state index contributed by atoms with van der Waals surface area (Å²) in [4.78, 5) is 12.2. The van der Waals surface area contributed by atoms with E-state index in [1.807, 2.05) is 19.0 Å². The van der Waals surface area contributed by atoms with Gasteiger partial charge in [0.1, 0.15) is 0 Å². The maximum atomic E-state index is 13.7. The van der Waals surface area contributed by atoms with Crippen LogP contribution < -0.4 is 10.2 Å². The second kappa shape index (κ2) is 4.83. The molecule has 0 aromatic carbocycles. The number of hydrogen-bond donors (Lipinski definition) is 1. The summed E-state index contributed by atoms with van der Waals surface area (Å²) in [6.45, 7) is 1.64. The fourth-order valence-corrected chi connectivity index (χ4v) is 2.06. The molecule has 1 aromatic rings. The SMILES string of the molecule is CNc1ncc(F)c(N2CCC(N(C)C)C2)n1. The van der Waals surface area contributed by atoms with E-state index >= 15 is 0 Å². The number of nitrogens with one attached hydrogen (secondary N) is 1. The van der Waals surface area contributed by atoms with E-state index in [1.165, 1.54) is 6.20 Å². The Hall–Kier alpha value is -1.43. The van der Waals surface area contributed by atoms with Crippen LogP contribution in [0.25, 0.3) is 0 Å². The molecule has 0 radical (unpaired) electrons. The summed E-state index contributed by atoms with van der Waals surface area (Å²) in [5, 5.41) is 2.83. The largest absolute Gasteiger partial charge is 0.357 e. The van der Waals surface area contributed by atoms with Crippen molar-refractivity contribution in [2.45, 2.75) is 12.5 Å². The molecular formula is C11H18FN5. The summed E-state index contributed by atoms with van der Waals surface area (Å²) >= 11 is 0. The van der Waals surface area contributed by atoms with Crippen molar-refractivity contribution in [1.29, 1.82) is 0 Å². The van der Waals surface area contributed by atoms with Gasteiger partial charge in [0.15, 0.2) is 11.6 Å². The van der Waals surface area contributed by atoms with Gasteiger partial charge >= 0.3 is 0 Å². The molecule has 0 saturated carbocycles.